The zero-order chi connectivity index (χ0) is 55.0. The molecule has 76 heavy (non-hydrogen) atoms. The van der Waals surface area contributed by atoms with Gasteiger partial charge in [-0.25, -0.2) is 29.2 Å². The number of rotatable bonds is 20. The van der Waals surface area contributed by atoms with Crippen LogP contribution in [0.1, 0.15) is 126 Å². The molecule has 2 heterocycles. The Kier molecular flexibility index (Phi) is 19.0. The molecule has 0 radical (unpaired) electrons. The molecule has 2 saturated carbocycles. The van der Waals surface area contributed by atoms with Crippen molar-refractivity contribution in [2.45, 2.75) is 123 Å². The summed E-state index contributed by atoms with van der Waals surface area (Å²) in [6.07, 6.45) is 4.89. The zero-order valence-electron chi connectivity index (χ0n) is 44.7. The Balaban J connectivity index is 1.37. The predicted molar refractivity (Wildman–Crippen MR) is 294 cm³/mol. The van der Waals surface area contributed by atoms with Gasteiger partial charge in [0.05, 0.1) is 45.7 Å². The summed E-state index contributed by atoms with van der Waals surface area (Å²) in [7, 11) is 0. The highest BCUT2D eigenvalue weighted by molar-refractivity contribution is 8.00. The minimum absolute atomic E-state index is 0.00808. The molecular formula is C59H71N5O11S. The number of amidine groups is 1. The van der Waals surface area contributed by atoms with Gasteiger partial charge < -0.3 is 35.3 Å². The molecule has 1 aliphatic heterocycles. The van der Waals surface area contributed by atoms with Crippen molar-refractivity contribution < 1.29 is 53.4 Å². The third kappa shape index (κ3) is 14.0. The van der Waals surface area contributed by atoms with Crippen molar-refractivity contribution in [3.05, 3.63) is 130 Å². The second kappa shape index (κ2) is 25.4. The van der Waals surface area contributed by atoms with Crippen molar-refractivity contribution in [1.82, 2.24) is 15.6 Å². The van der Waals surface area contributed by atoms with Gasteiger partial charge in [-0.05, 0) is 117 Å². The number of H-pyrrole nitrogens is 1. The summed E-state index contributed by atoms with van der Waals surface area (Å²) in [5, 5.41) is 27.7. The van der Waals surface area contributed by atoms with Crippen molar-refractivity contribution >= 4 is 64.8 Å². The van der Waals surface area contributed by atoms with Crippen LogP contribution in [-0.2, 0) is 40.2 Å². The molecule has 2 fully saturated rings. The first kappa shape index (κ1) is 56.9. The van der Waals surface area contributed by atoms with E-state index < -0.39 is 47.1 Å². The van der Waals surface area contributed by atoms with Crippen LogP contribution in [0, 0.1) is 35.5 Å². The number of aromatic carboxylic acids is 2. The Hall–Kier alpha value is -6.79. The molecule has 4 aromatic rings. The van der Waals surface area contributed by atoms with Crippen LogP contribution in [0.3, 0.4) is 0 Å². The van der Waals surface area contributed by atoms with Crippen LogP contribution in [0.5, 0.6) is 0 Å². The smallest absolute Gasteiger partial charge is 0.342 e. The Bertz CT molecular complexity index is 2840. The lowest BCUT2D eigenvalue weighted by atomic mass is 9.75. The minimum Gasteiger partial charge on any atom is -0.484 e. The standard InChI is InChI=1S/C59H71N5O11S/c1-31(2)72-30-60-38(9)55(65)64-54-50(59(71)74-51-34(5)21-32(3)22-35(51)6)49(41-19-15-12-16-20-41)47(62-54)28-46-48(40-17-13-11-14-18-40)45(29-73-75-52-36(7)23-33(4)24-37(52)8)53(61-46)63-56(66)39(10)76-44-26-42(57(67)68)25-43(27-44)58(69)70/h11-20,25-28,32-39,51-52,60-61H,1,21-24,29-30H2,2-10H3,(H,63,66)(H,67,68)(H,69,70)(H,62,64,65)/b47-28-. The number of aliphatic imine (C=N–C) groups is 1. The lowest BCUT2D eigenvalue weighted by molar-refractivity contribution is -0.354. The molecule has 2 amide bonds. The number of nitrogens with one attached hydrogen (secondary N) is 4. The van der Waals surface area contributed by atoms with Crippen LogP contribution in [-0.4, -0.2) is 81.0 Å². The molecule has 17 heteroatoms. The summed E-state index contributed by atoms with van der Waals surface area (Å²) in [6, 6.07) is 21.7. The lowest BCUT2D eigenvalue weighted by Crippen LogP contribution is -2.46. The van der Waals surface area contributed by atoms with Gasteiger partial charge in [-0.2, -0.15) is 0 Å². The molecule has 6 N–H and O–H groups in total. The minimum atomic E-state index is -1.31. The van der Waals surface area contributed by atoms with Gasteiger partial charge in [0.2, 0.25) is 11.8 Å². The Morgan fingerprint density at radius 3 is 1.88 bits per heavy atom. The topological polar surface area (TPSA) is 227 Å². The first-order valence-corrected chi connectivity index (χ1v) is 26.9. The number of esters is 1. The van der Waals surface area contributed by atoms with Crippen molar-refractivity contribution in [3.8, 4) is 11.1 Å². The molecule has 1 aromatic heterocycles. The zero-order valence-corrected chi connectivity index (χ0v) is 45.5. The molecule has 3 aromatic carbocycles. The number of anilines is 1. The van der Waals surface area contributed by atoms with Gasteiger partial charge in [0.1, 0.15) is 36.7 Å². The third-order valence-corrected chi connectivity index (χ3v) is 15.4. The normalized spacial score (nSPS) is 23.8. The van der Waals surface area contributed by atoms with Crippen LogP contribution in [0.15, 0.2) is 112 Å². The molecular weight excluding hydrogens is 987 g/mol. The number of carbonyl (C=O) groups is 5. The molecule has 7 rings (SSSR count). The number of thioether (sulfide) groups is 1. The van der Waals surface area contributed by atoms with Crippen LogP contribution < -0.4 is 16.0 Å². The average molecular weight is 1060 g/mol. The number of aromatic amines is 1. The fourth-order valence-corrected chi connectivity index (χ4v) is 11.9. The molecule has 0 spiro atoms. The first-order valence-electron chi connectivity index (χ1n) is 26.0. The monoisotopic (exact) mass is 1060 g/mol. The number of allylic oxidation sites excluding steroid dienone is 2. The molecule has 16 nitrogen and oxygen atoms in total. The third-order valence-electron chi connectivity index (χ3n) is 14.4. The van der Waals surface area contributed by atoms with Crippen LogP contribution in [0.25, 0.3) is 22.8 Å². The largest absolute Gasteiger partial charge is 0.484 e. The fourth-order valence-electron chi connectivity index (χ4n) is 10.9. The number of hydrogen-bond donors (Lipinski definition) is 6. The predicted octanol–water partition coefficient (Wildman–Crippen LogP) is 11.1. The van der Waals surface area contributed by atoms with E-state index in [1.807, 2.05) is 60.7 Å². The summed E-state index contributed by atoms with van der Waals surface area (Å²) in [6.45, 7) is 21.6. The summed E-state index contributed by atoms with van der Waals surface area (Å²) in [5.41, 5.74) is 3.26. The molecule has 0 saturated heterocycles. The van der Waals surface area contributed by atoms with Gasteiger partial charge >= 0.3 is 17.9 Å². The maximum Gasteiger partial charge on any atom is 0.342 e. The quantitative estimate of drug-likeness (QED) is 0.0121. The summed E-state index contributed by atoms with van der Waals surface area (Å²) < 4.78 is 12.0. The van der Waals surface area contributed by atoms with Gasteiger partial charge in [0.25, 0.3) is 0 Å². The number of carboxylic acid groups (broad SMARTS) is 2. The molecule has 3 aliphatic rings. The van der Waals surface area contributed by atoms with E-state index in [4.69, 9.17) is 24.2 Å². The average Bonchev–Trinajstić information content (AvgIpc) is 3.91. The molecule has 0 bridgehead atoms. The van der Waals surface area contributed by atoms with Gasteiger partial charge in [-0.1, -0.05) is 109 Å². The lowest BCUT2D eigenvalue weighted by Gasteiger charge is -2.37. The number of ether oxygens (including phenoxy) is 2. The van der Waals surface area contributed by atoms with E-state index in [0.717, 1.165) is 49.1 Å². The van der Waals surface area contributed by atoms with Gasteiger partial charge in [-0.3, -0.25) is 14.9 Å². The van der Waals surface area contributed by atoms with E-state index in [-0.39, 0.29) is 76.4 Å². The number of hydrogen-bond acceptors (Lipinski definition) is 12. The van der Waals surface area contributed by atoms with Crippen LogP contribution in [0.2, 0.25) is 0 Å². The van der Waals surface area contributed by atoms with E-state index in [9.17, 15) is 29.4 Å². The second-order valence-electron chi connectivity index (χ2n) is 21.0. The van der Waals surface area contributed by atoms with E-state index in [0.29, 0.717) is 51.2 Å². The Labute approximate surface area is 449 Å². The van der Waals surface area contributed by atoms with Crippen molar-refractivity contribution in [2.75, 3.05) is 12.0 Å². The number of carboxylic acids is 2. The van der Waals surface area contributed by atoms with E-state index >= 15 is 4.79 Å². The molecule has 404 valence electrons. The number of benzene rings is 3. The number of carbonyl (C=O) groups excluding carboxylic acids is 3. The van der Waals surface area contributed by atoms with E-state index in [1.165, 1.54) is 12.1 Å². The van der Waals surface area contributed by atoms with Crippen LogP contribution >= 0.6 is 11.8 Å². The maximum absolute atomic E-state index is 15.0. The van der Waals surface area contributed by atoms with E-state index in [1.54, 1.807) is 26.8 Å². The highest BCUT2D eigenvalue weighted by atomic mass is 32.2. The maximum atomic E-state index is 15.0. The van der Waals surface area contributed by atoms with Crippen molar-refractivity contribution in [2.24, 2.45) is 40.5 Å². The van der Waals surface area contributed by atoms with E-state index in [2.05, 4.69) is 69.1 Å². The highest BCUT2D eigenvalue weighted by Crippen LogP contribution is 2.43. The fraction of sp³-hybridized carbons (Fsp3) is 0.424. The molecule has 6 atom stereocenters. The number of aromatic nitrogens is 1. The van der Waals surface area contributed by atoms with Gasteiger partial charge in [0.15, 0.2) is 0 Å². The van der Waals surface area contributed by atoms with Gasteiger partial charge in [0, 0.05) is 21.6 Å². The highest BCUT2D eigenvalue weighted by Gasteiger charge is 2.40. The SMILES string of the molecule is C=C(C)OCNC(C)C(=O)NC1=N/C(=C\c2[nH]c(NC(=O)C(C)Sc3cc(C(=O)O)cc(C(=O)O)c3)c(COOC3C(C)CC(C)CC3C)c2-c2ccccc2)C(c2ccccc2)=C1C(=O)OC1C(C)CC(C)CC1C. The summed E-state index contributed by atoms with van der Waals surface area (Å²) in [5.74, 6) is -1.95. The number of nitrogens with zero attached hydrogens (tertiary/aromatic N) is 1. The second-order valence-corrected chi connectivity index (χ2v) is 22.4. The molecule has 2 aliphatic carbocycles. The van der Waals surface area contributed by atoms with Gasteiger partial charge in [-0.15, -0.1) is 11.8 Å². The molecule has 6 unspecified atom stereocenters. The number of amides is 2. The summed E-state index contributed by atoms with van der Waals surface area (Å²) in [4.78, 5) is 88.7. The van der Waals surface area contributed by atoms with Crippen LogP contribution in [0.4, 0.5) is 5.82 Å². The van der Waals surface area contributed by atoms with Crippen molar-refractivity contribution in [3.63, 3.8) is 0 Å². The Morgan fingerprint density at radius 1 is 0.776 bits per heavy atom. The summed E-state index contributed by atoms with van der Waals surface area (Å²) >= 11 is 0.998. The van der Waals surface area contributed by atoms with Crippen molar-refractivity contribution in [1.29, 1.82) is 0 Å². The first-order chi connectivity index (χ1) is 36.2. The Morgan fingerprint density at radius 2 is 1.33 bits per heavy atom.